The molecule has 2 aliphatic heterocycles. The number of fused-ring (bicyclic) bond motifs is 3. The van der Waals surface area contributed by atoms with Gasteiger partial charge >= 0.3 is 6.09 Å². The Morgan fingerprint density at radius 3 is 2.69 bits per heavy atom. The largest absolute Gasteiger partial charge is 0.442 e. The molecule has 0 unspecified atom stereocenters. The van der Waals surface area contributed by atoms with Crippen molar-refractivity contribution in [1.82, 2.24) is 24.6 Å². The van der Waals surface area contributed by atoms with Crippen molar-refractivity contribution in [3.8, 4) is 11.1 Å². The second-order valence-corrected chi connectivity index (χ2v) is 8.51. The zero-order valence-electron chi connectivity index (χ0n) is 18.9. The van der Waals surface area contributed by atoms with E-state index in [9.17, 15) is 19.2 Å². The van der Waals surface area contributed by atoms with Crippen molar-refractivity contribution < 1.29 is 23.5 Å². The number of pyridine rings is 1. The number of nitrogens with zero attached hydrogens (tertiary/aromatic N) is 5. The Balaban J connectivity index is 1.41. The molecule has 12 heteroatoms. The van der Waals surface area contributed by atoms with Crippen LogP contribution in [0, 0.1) is 5.82 Å². The van der Waals surface area contributed by atoms with Gasteiger partial charge in [0.05, 0.1) is 37.3 Å². The monoisotopic (exact) mass is 482 g/mol. The van der Waals surface area contributed by atoms with Crippen molar-refractivity contribution in [2.75, 3.05) is 31.1 Å². The number of anilines is 1. The normalized spacial score (nSPS) is 17.8. The zero-order valence-corrected chi connectivity index (χ0v) is 18.9. The summed E-state index contributed by atoms with van der Waals surface area (Å²) < 4.78 is 23.7. The summed E-state index contributed by atoms with van der Waals surface area (Å²) >= 11 is 0. The van der Waals surface area contributed by atoms with E-state index >= 15 is 4.39 Å². The van der Waals surface area contributed by atoms with Crippen LogP contribution in [-0.2, 0) is 27.4 Å². The lowest BCUT2D eigenvalue weighted by molar-refractivity contribution is -0.119. The lowest BCUT2D eigenvalue weighted by Gasteiger charge is -2.14. The Morgan fingerprint density at radius 2 is 1.97 bits per heavy atom. The highest BCUT2D eigenvalue weighted by Crippen LogP contribution is 2.30. The number of rotatable bonds is 5. The summed E-state index contributed by atoms with van der Waals surface area (Å²) in [6.45, 7) is 3.40. The summed E-state index contributed by atoms with van der Waals surface area (Å²) in [6.07, 6.45) is 1.12. The summed E-state index contributed by atoms with van der Waals surface area (Å²) in [5.74, 6) is -0.813. The molecule has 3 aromatic rings. The van der Waals surface area contributed by atoms with Crippen molar-refractivity contribution in [1.29, 1.82) is 0 Å². The van der Waals surface area contributed by atoms with Crippen LogP contribution in [0.5, 0.6) is 0 Å². The number of amides is 3. The van der Waals surface area contributed by atoms with Gasteiger partial charge in [-0.3, -0.25) is 24.0 Å². The number of nitrogens with one attached hydrogen (secondary N) is 1. The van der Waals surface area contributed by atoms with Gasteiger partial charge in [-0.15, -0.1) is 0 Å². The molecule has 182 valence electrons. The van der Waals surface area contributed by atoms with Crippen molar-refractivity contribution in [2.45, 2.75) is 26.1 Å². The van der Waals surface area contributed by atoms with Crippen molar-refractivity contribution in [3.05, 3.63) is 46.6 Å². The van der Waals surface area contributed by atoms with Crippen molar-refractivity contribution in [3.63, 3.8) is 0 Å². The first-order valence-corrected chi connectivity index (χ1v) is 11.2. The Morgan fingerprint density at radius 1 is 1.20 bits per heavy atom. The molecule has 1 atom stereocenters. The fourth-order valence-electron chi connectivity index (χ4n) is 4.45. The van der Waals surface area contributed by atoms with Crippen molar-refractivity contribution >= 4 is 35.1 Å². The van der Waals surface area contributed by atoms with Gasteiger partial charge in [0.1, 0.15) is 11.9 Å². The summed E-state index contributed by atoms with van der Waals surface area (Å²) in [5.41, 5.74) is 1.23. The van der Waals surface area contributed by atoms with Crippen LogP contribution in [-0.4, -0.2) is 69.9 Å². The van der Waals surface area contributed by atoms with Crippen LogP contribution < -0.4 is 15.8 Å². The molecule has 0 saturated carbocycles. The molecule has 0 bridgehead atoms. The van der Waals surface area contributed by atoms with Crippen LogP contribution >= 0.6 is 0 Å². The van der Waals surface area contributed by atoms with Gasteiger partial charge in [-0.05, 0) is 24.3 Å². The van der Waals surface area contributed by atoms with E-state index in [4.69, 9.17) is 4.74 Å². The third-order valence-electron chi connectivity index (χ3n) is 6.24. The first-order chi connectivity index (χ1) is 16.9. The van der Waals surface area contributed by atoms with Gasteiger partial charge in [-0.25, -0.2) is 18.9 Å². The second-order valence-electron chi connectivity index (χ2n) is 8.51. The molecule has 2 aromatic heterocycles. The molecule has 5 rings (SSSR count). The molecule has 1 saturated heterocycles. The molecule has 35 heavy (non-hydrogen) atoms. The summed E-state index contributed by atoms with van der Waals surface area (Å²) in [4.78, 5) is 54.8. The Kier molecular flexibility index (Phi) is 5.71. The number of halogens is 1. The second kappa shape index (κ2) is 8.85. The summed E-state index contributed by atoms with van der Waals surface area (Å²) in [6, 6.07) is 5.98. The molecule has 0 radical (unpaired) electrons. The molecule has 1 fully saturated rings. The minimum absolute atomic E-state index is 0.175. The number of benzene rings is 1. The molecule has 1 N–H and O–H groups in total. The molecule has 2 aliphatic rings. The quantitative estimate of drug-likeness (QED) is 0.541. The number of aromatic nitrogens is 3. The van der Waals surface area contributed by atoms with Crippen LogP contribution in [0.25, 0.3) is 22.2 Å². The van der Waals surface area contributed by atoms with E-state index in [1.54, 1.807) is 26.4 Å². The SMILES string of the molecule is CC(=O)NC[C@H]1CN(c2ccc(-c3cnc4c(c3)c(=O)n3n4CCN(C=O)CC3)c(F)c2)C(=O)O1. The predicted molar refractivity (Wildman–Crippen MR) is 123 cm³/mol. The van der Waals surface area contributed by atoms with Gasteiger partial charge in [-0.2, -0.15) is 0 Å². The average molecular weight is 482 g/mol. The smallest absolute Gasteiger partial charge is 0.414 e. The van der Waals surface area contributed by atoms with Gasteiger partial charge in [0.15, 0.2) is 5.65 Å². The Hall–Kier alpha value is -4.22. The van der Waals surface area contributed by atoms with Crippen LogP contribution in [0.2, 0.25) is 0 Å². The molecule has 11 nitrogen and oxygen atoms in total. The van der Waals surface area contributed by atoms with Crippen LogP contribution in [0.1, 0.15) is 6.92 Å². The van der Waals surface area contributed by atoms with E-state index in [1.165, 1.54) is 30.2 Å². The predicted octanol–water partition coefficient (Wildman–Crippen LogP) is 0.937. The highest BCUT2D eigenvalue weighted by Gasteiger charge is 2.32. The molecule has 4 heterocycles. The fourth-order valence-corrected chi connectivity index (χ4v) is 4.45. The minimum atomic E-state index is -0.618. The average Bonchev–Trinajstić information content (AvgIpc) is 3.24. The van der Waals surface area contributed by atoms with E-state index in [0.717, 1.165) is 6.41 Å². The van der Waals surface area contributed by atoms with E-state index < -0.39 is 18.0 Å². The highest BCUT2D eigenvalue weighted by atomic mass is 19.1. The minimum Gasteiger partial charge on any atom is -0.442 e. The lowest BCUT2D eigenvalue weighted by atomic mass is 10.1. The van der Waals surface area contributed by atoms with E-state index in [0.29, 0.717) is 48.5 Å². The molecular weight excluding hydrogens is 459 g/mol. The Bertz CT molecular complexity index is 1400. The van der Waals surface area contributed by atoms with Crippen molar-refractivity contribution in [2.24, 2.45) is 0 Å². The third-order valence-corrected chi connectivity index (χ3v) is 6.24. The molecule has 0 spiro atoms. The van der Waals surface area contributed by atoms with Crippen LogP contribution in [0.4, 0.5) is 14.9 Å². The molecule has 3 amide bonds. The molecule has 1 aromatic carbocycles. The van der Waals surface area contributed by atoms with Gasteiger partial charge in [0.2, 0.25) is 12.3 Å². The molecular formula is C23H23FN6O5. The number of carbonyl (C=O) groups is 3. The standard InChI is InChI=1S/C23H23FN6O5/c1-14(32)25-11-17-12-28(23(34)35-17)16-2-3-18(20(24)9-16)15-8-19-21(26-10-15)29-6-4-27(13-31)5-7-30(29)22(19)33/h2-3,8-10,13,17H,4-7,11-12H2,1H3,(H,25,32)/t17-/m0/s1. The lowest BCUT2D eigenvalue weighted by Crippen LogP contribution is -2.33. The summed E-state index contributed by atoms with van der Waals surface area (Å²) in [7, 11) is 0. The van der Waals surface area contributed by atoms with Gasteiger partial charge < -0.3 is 15.0 Å². The highest BCUT2D eigenvalue weighted by molar-refractivity contribution is 5.90. The number of cyclic esters (lactones) is 1. The first kappa shape index (κ1) is 22.6. The van der Waals surface area contributed by atoms with Crippen LogP contribution in [0.3, 0.4) is 0 Å². The Labute approximate surface area is 198 Å². The maximum atomic E-state index is 15.1. The number of hydrogen-bond donors (Lipinski definition) is 1. The fraction of sp³-hybridized carbons (Fsp3) is 0.348. The van der Waals surface area contributed by atoms with E-state index in [-0.39, 0.29) is 30.1 Å². The van der Waals surface area contributed by atoms with Gasteiger partial charge in [0, 0.05) is 37.3 Å². The first-order valence-electron chi connectivity index (χ1n) is 11.2. The van der Waals surface area contributed by atoms with E-state index in [1.807, 2.05) is 0 Å². The zero-order chi connectivity index (χ0) is 24.7. The van der Waals surface area contributed by atoms with Gasteiger partial charge in [0.25, 0.3) is 5.56 Å². The topological polar surface area (TPSA) is 119 Å². The van der Waals surface area contributed by atoms with E-state index in [2.05, 4.69) is 10.3 Å². The number of carbonyl (C=O) groups excluding carboxylic acids is 3. The number of ether oxygens (including phenoxy) is 1. The van der Waals surface area contributed by atoms with Crippen LogP contribution in [0.15, 0.2) is 35.3 Å². The van der Waals surface area contributed by atoms with Gasteiger partial charge in [-0.1, -0.05) is 0 Å². The maximum absolute atomic E-state index is 15.1. The summed E-state index contributed by atoms with van der Waals surface area (Å²) in [5, 5.41) is 2.97. The maximum Gasteiger partial charge on any atom is 0.414 e. The third kappa shape index (κ3) is 4.11. The number of hydrogen-bond acceptors (Lipinski definition) is 6. The molecule has 0 aliphatic carbocycles.